The summed E-state index contributed by atoms with van der Waals surface area (Å²) >= 11 is 2.08. The number of nitrogens with one attached hydrogen (secondary N) is 2. The van der Waals surface area contributed by atoms with Crippen LogP contribution >= 0.6 is 22.6 Å². The third-order valence-electron chi connectivity index (χ3n) is 4.01. The lowest BCUT2D eigenvalue weighted by Gasteiger charge is -2.22. The molecule has 0 bridgehead atoms. The molecule has 2 saturated heterocycles. The van der Waals surface area contributed by atoms with E-state index in [2.05, 4.69) is 33.2 Å². The minimum absolute atomic E-state index is 0.198. The molecule has 0 spiro atoms. The van der Waals surface area contributed by atoms with Gasteiger partial charge in [-0.2, -0.15) is 0 Å². The van der Waals surface area contributed by atoms with Crippen LogP contribution in [0.4, 0.5) is 0 Å². The Morgan fingerprint density at radius 1 is 1.55 bits per heavy atom. The van der Waals surface area contributed by atoms with Gasteiger partial charge in [-0.05, 0) is 13.0 Å². The van der Waals surface area contributed by atoms with Gasteiger partial charge in [0.1, 0.15) is 23.6 Å². The van der Waals surface area contributed by atoms with Gasteiger partial charge in [-0.25, -0.2) is 4.79 Å². The molecule has 1 unspecified atom stereocenters. The van der Waals surface area contributed by atoms with E-state index < -0.39 is 9.39 Å². The van der Waals surface area contributed by atoms with Crippen molar-refractivity contribution in [1.82, 2.24) is 10.6 Å². The topological polar surface area (TPSA) is 96.5 Å². The van der Waals surface area contributed by atoms with Gasteiger partial charge in [0.25, 0.3) is 0 Å². The van der Waals surface area contributed by atoms with Gasteiger partial charge in [0.05, 0.1) is 6.17 Å². The van der Waals surface area contributed by atoms with Crippen molar-refractivity contribution >= 4 is 34.5 Å². The van der Waals surface area contributed by atoms with Gasteiger partial charge in [-0.15, -0.1) is 0 Å². The zero-order valence-electron chi connectivity index (χ0n) is 10.5. The monoisotopic (exact) mass is 386 g/mol. The van der Waals surface area contributed by atoms with Gasteiger partial charge >= 0.3 is 11.9 Å². The van der Waals surface area contributed by atoms with Crippen molar-refractivity contribution < 1.29 is 19.1 Å². The quantitative estimate of drug-likeness (QED) is 0.261. The molecule has 0 radical (unpaired) electrons. The Hall–Kier alpha value is -1.19. The molecule has 3 aliphatic rings. The van der Waals surface area contributed by atoms with Gasteiger partial charge in [-0.1, -0.05) is 34.7 Å². The van der Waals surface area contributed by atoms with Crippen molar-refractivity contribution in [3.8, 4) is 5.75 Å². The second-order valence-electron chi connectivity index (χ2n) is 5.29. The largest absolute Gasteiger partial charge is 0.457 e. The number of hydrogen-bond acceptors (Lipinski definition) is 6. The smallest absolute Gasteiger partial charge is 0.342 e. The van der Waals surface area contributed by atoms with E-state index in [0.717, 1.165) is 5.56 Å². The number of esters is 2. The highest BCUT2D eigenvalue weighted by Crippen LogP contribution is 2.51. The molecule has 0 amide bonds. The Kier molecular flexibility index (Phi) is 2.33. The predicted molar refractivity (Wildman–Crippen MR) is 76.4 cm³/mol. The molecule has 0 aliphatic carbocycles. The van der Waals surface area contributed by atoms with Crippen LogP contribution in [0.1, 0.15) is 22.8 Å². The maximum absolute atomic E-state index is 12.4. The van der Waals surface area contributed by atoms with Crippen LogP contribution in [0, 0.1) is 0 Å². The fourth-order valence-corrected chi connectivity index (χ4v) is 3.23. The van der Waals surface area contributed by atoms with Crippen molar-refractivity contribution in [3.63, 3.8) is 0 Å². The summed E-state index contributed by atoms with van der Waals surface area (Å²) in [5, 5.41) is 6.33. The number of ether oxygens (including phenoxy) is 2. The third kappa shape index (κ3) is 1.51. The van der Waals surface area contributed by atoms with E-state index >= 15 is 0 Å². The molecule has 4 rings (SSSR count). The molecule has 0 saturated carbocycles. The summed E-state index contributed by atoms with van der Waals surface area (Å²) in [7, 11) is 0. The molecule has 2 fully saturated rings. The van der Waals surface area contributed by atoms with Crippen LogP contribution in [0.5, 0.6) is 5.75 Å². The molecule has 1 atom stereocenters. The summed E-state index contributed by atoms with van der Waals surface area (Å²) in [5.74, 6) is -0.554. The highest BCUT2D eigenvalue weighted by Gasteiger charge is 2.80. The molecule has 3 aliphatic heterocycles. The zero-order chi connectivity index (χ0) is 14.1. The highest BCUT2D eigenvalue weighted by molar-refractivity contribution is 14.1. The van der Waals surface area contributed by atoms with Gasteiger partial charge in [0, 0.05) is 5.56 Å². The van der Waals surface area contributed by atoms with Gasteiger partial charge in [0.15, 0.2) is 3.42 Å². The number of benzene rings is 1. The molecular weight excluding hydrogens is 375 g/mol. The number of carbonyl (C=O) groups excluding carboxylic acids is 2. The SMILES string of the molecule is CC(I)(C(=O)Oc1cccc2c1C(=O)OC2)C12NC1N2. The van der Waals surface area contributed by atoms with E-state index in [0.29, 0.717) is 5.56 Å². The first kappa shape index (κ1) is 12.5. The van der Waals surface area contributed by atoms with Crippen LogP contribution in [-0.4, -0.2) is 27.2 Å². The molecule has 3 heterocycles. The molecule has 20 heavy (non-hydrogen) atoms. The van der Waals surface area contributed by atoms with E-state index in [1.54, 1.807) is 18.2 Å². The van der Waals surface area contributed by atoms with Crippen LogP contribution in [-0.2, 0) is 16.1 Å². The van der Waals surface area contributed by atoms with Crippen molar-refractivity contribution in [2.75, 3.05) is 0 Å². The van der Waals surface area contributed by atoms with Crippen molar-refractivity contribution in [3.05, 3.63) is 29.3 Å². The maximum atomic E-state index is 12.4. The average molecular weight is 386 g/mol. The number of alkyl halides is 1. The Balaban J connectivity index is 1.62. The number of carbonyl (C=O) groups is 2. The molecule has 104 valence electrons. The minimum atomic E-state index is -0.735. The lowest BCUT2D eigenvalue weighted by molar-refractivity contribution is -0.136. The molecule has 6 nitrogen and oxygen atoms in total. The normalized spacial score (nSPS) is 31.7. The Labute approximate surface area is 128 Å². The first-order valence-corrected chi connectivity index (χ1v) is 7.29. The fourth-order valence-electron chi connectivity index (χ4n) is 2.50. The Morgan fingerprint density at radius 2 is 2.25 bits per heavy atom. The van der Waals surface area contributed by atoms with E-state index in [9.17, 15) is 9.59 Å². The lowest BCUT2D eigenvalue weighted by Crippen LogP contribution is -2.48. The van der Waals surface area contributed by atoms with Crippen LogP contribution in [0.25, 0.3) is 0 Å². The second-order valence-corrected chi connectivity index (χ2v) is 7.45. The summed E-state index contributed by atoms with van der Waals surface area (Å²) in [4.78, 5) is 24.1. The summed E-state index contributed by atoms with van der Waals surface area (Å²) in [6, 6.07) is 5.16. The van der Waals surface area contributed by atoms with Crippen molar-refractivity contribution in [2.45, 2.75) is 28.8 Å². The van der Waals surface area contributed by atoms with Gasteiger partial charge < -0.3 is 9.47 Å². The zero-order valence-corrected chi connectivity index (χ0v) is 12.7. The van der Waals surface area contributed by atoms with Crippen molar-refractivity contribution in [1.29, 1.82) is 0 Å². The third-order valence-corrected chi connectivity index (χ3v) is 5.30. The van der Waals surface area contributed by atoms with E-state index in [1.165, 1.54) is 0 Å². The predicted octanol–water partition coefficient (Wildman–Crippen LogP) is 0.685. The molecule has 0 aromatic heterocycles. The summed E-state index contributed by atoms with van der Waals surface area (Å²) < 4.78 is 9.69. The van der Waals surface area contributed by atoms with E-state index in [4.69, 9.17) is 9.47 Å². The molecule has 1 aromatic carbocycles. The van der Waals surface area contributed by atoms with Crippen molar-refractivity contribution in [2.24, 2.45) is 0 Å². The van der Waals surface area contributed by atoms with E-state index in [1.807, 2.05) is 6.92 Å². The average Bonchev–Trinajstić information content (AvgIpc) is 3.22. The molecule has 7 heteroatoms. The first-order valence-electron chi connectivity index (χ1n) is 6.21. The summed E-state index contributed by atoms with van der Waals surface area (Å²) in [6.07, 6.45) is 0.198. The van der Waals surface area contributed by atoms with Crippen LogP contribution < -0.4 is 15.4 Å². The van der Waals surface area contributed by atoms with E-state index in [-0.39, 0.29) is 30.2 Å². The number of halogens is 1. The summed E-state index contributed by atoms with van der Waals surface area (Å²) in [6.45, 7) is 2.04. The standard InChI is InChI=1S/C13H11IN2O4/c1-12(14,13-10(15-13)16-13)11(18)20-7-4-2-3-6-5-19-9(17)8(6)7/h2-4,10,15-16H,5H2,1H3. The fraction of sp³-hybridized carbons (Fsp3) is 0.385. The Bertz CT molecular complexity index is 652. The van der Waals surface area contributed by atoms with Gasteiger partial charge in [-0.3, -0.25) is 15.4 Å². The minimum Gasteiger partial charge on any atom is -0.457 e. The molecule has 2 N–H and O–H groups in total. The molecular formula is C13H11IN2O4. The number of hydrogen-bond donors (Lipinski definition) is 2. The number of cyclic esters (lactones) is 1. The molecule has 1 aromatic rings. The first-order chi connectivity index (χ1) is 9.46. The number of fused-ring (bicyclic) bond motifs is 2. The number of rotatable bonds is 3. The lowest BCUT2D eigenvalue weighted by atomic mass is 10.1. The summed E-state index contributed by atoms with van der Waals surface area (Å²) in [5.41, 5.74) is 0.763. The Morgan fingerprint density at radius 3 is 2.90 bits per heavy atom. The van der Waals surface area contributed by atoms with Crippen LogP contribution in [0.2, 0.25) is 0 Å². The second kappa shape index (κ2) is 3.71. The highest BCUT2D eigenvalue weighted by atomic mass is 127. The van der Waals surface area contributed by atoms with Crippen LogP contribution in [0.3, 0.4) is 0 Å². The maximum Gasteiger partial charge on any atom is 0.342 e. The van der Waals surface area contributed by atoms with Gasteiger partial charge in [0.2, 0.25) is 0 Å². The van der Waals surface area contributed by atoms with Crippen LogP contribution in [0.15, 0.2) is 18.2 Å².